The van der Waals surface area contributed by atoms with E-state index in [1.165, 1.54) is 64.8 Å². The fourth-order valence-electron chi connectivity index (χ4n) is 8.20. The van der Waals surface area contributed by atoms with Crippen LogP contribution in [0.5, 0.6) is 0 Å². The Labute approximate surface area is 408 Å². The molecule has 0 unspecified atom stereocenters. The van der Waals surface area contributed by atoms with E-state index in [0.29, 0.717) is 5.56 Å². The molecule has 0 aliphatic heterocycles. The number of nitrogen functional groups attached to an aromatic ring is 1. The van der Waals surface area contributed by atoms with Crippen molar-refractivity contribution in [1.29, 1.82) is 0 Å². The number of nitrogens with zero attached hydrogens (tertiary/aromatic N) is 6. The Morgan fingerprint density at radius 3 is 1.53 bits per heavy atom. The smallest absolute Gasteiger partial charge is 0.265 e. The molecule has 0 fully saturated rings. The number of nitrogens with two attached hydrogens (primary N) is 1. The SMILES string of the molecule is CCCCC(C)(C)c1nnc(-c2[c-]ccc(C)c2)n1-c1ccc(C)cc1C.CCCCC(C)(C)c1nnc(-c2cccc(C)c2)n1-c1ccc(C)cc1C.Cc1cccc(C(=O)NN)c1.[Ir]. The normalized spacial score (nSPS) is 11.2. The molecule has 1 amide bonds. The van der Waals surface area contributed by atoms with Gasteiger partial charge < -0.3 is 4.57 Å². The summed E-state index contributed by atoms with van der Waals surface area (Å²) in [5.41, 5.74) is 15.5. The first-order valence-electron chi connectivity index (χ1n) is 23.1. The minimum Gasteiger partial charge on any atom is -0.319 e. The van der Waals surface area contributed by atoms with Crippen molar-refractivity contribution in [3.8, 4) is 34.2 Å². The monoisotopic (exact) mass is 1060 g/mol. The predicted molar refractivity (Wildman–Crippen MR) is 269 cm³/mol. The molecule has 351 valence electrons. The summed E-state index contributed by atoms with van der Waals surface area (Å²) >= 11 is 0. The van der Waals surface area contributed by atoms with Crippen molar-refractivity contribution >= 4 is 5.91 Å². The molecule has 3 N–H and O–H groups in total. The molecule has 2 heterocycles. The van der Waals surface area contributed by atoms with Crippen LogP contribution < -0.4 is 11.3 Å². The zero-order valence-electron chi connectivity index (χ0n) is 41.6. The zero-order chi connectivity index (χ0) is 47.5. The number of benzene rings is 5. The molecule has 66 heavy (non-hydrogen) atoms. The van der Waals surface area contributed by atoms with Gasteiger partial charge in [0, 0.05) is 47.7 Å². The molecular weight excluding hydrogens is 993 g/mol. The predicted octanol–water partition coefficient (Wildman–Crippen LogP) is 13.1. The van der Waals surface area contributed by atoms with Gasteiger partial charge in [0.05, 0.1) is 11.5 Å². The van der Waals surface area contributed by atoms with Crippen LogP contribution in [0.4, 0.5) is 0 Å². The Bertz CT molecular complexity index is 2540. The first-order chi connectivity index (χ1) is 30.9. The van der Waals surface area contributed by atoms with Crippen LogP contribution in [0.15, 0.2) is 103 Å². The summed E-state index contributed by atoms with van der Waals surface area (Å²) in [5.74, 6) is 8.55. The molecule has 5 aromatic carbocycles. The number of carbonyl (C=O) groups is 1. The molecule has 1 radical (unpaired) electrons. The number of rotatable bonds is 13. The van der Waals surface area contributed by atoms with Crippen molar-refractivity contribution in [3.05, 3.63) is 165 Å². The van der Waals surface area contributed by atoms with E-state index >= 15 is 0 Å². The van der Waals surface area contributed by atoms with Gasteiger partial charge >= 0.3 is 0 Å². The molecule has 0 saturated heterocycles. The second-order valence-corrected chi connectivity index (χ2v) is 18.9. The van der Waals surface area contributed by atoms with Gasteiger partial charge in [0.2, 0.25) is 0 Å². The van der Waals surface area contributed by atoms with Gasteiger partial charge in [-0.25, -0.2) is 5.84 Å². The van der Waals surface area contributed by atoms with E-state index in [1.54, 1.807) is 12.1 Å². The molecule has 0 saturated carbocycles. The van der Waals surface area contributed by atoms with Crippen molar-refractivity contribution in [3.63, 3.8) is 0 Å². The average Bonchev–Trinajstić information content (AvgIpc) is 3.92. The van der Waals surface area contributed by atoms with E-state index in [9.17, 15) is 4.79 Å². The molecule has 0 atom stereocenters. The minimum absolute atomic E-state index is 0. The summed E-state index contributed by atoms with van der Waals surface area (Å²) in [6.45, 7) is 28.3. The topological polar surface area (TPSA) is 117 Å². The quantitative estimate of drug-likeness (QED) is 0.0514. The van der Waals surface area contributed by atoms with Crippen LogP contribution in [0.1, 0.15) is 141 Å². The Morgan fingerprint density at radius 1 is 0.591 bits per heavy atom. The number of hydrogen-bond acceptors (Lipinski definition) is 6. The maximum atomic E-state index is 10.9. The molecular formula is C56H71IrN8O-. The minimum atomic E-state index is -0.256. The second-order valence-electron chi connectivity index (χ2n) is 18.9. The molecule has 0 spiro atoms. The summed E-state index contributed by atoms with van der Waals surface area (Å²) in [5, 5.41) is 18.7. The van der Waals surface area contributed by atoms with Crippen LogP contribution in [-0.2, 0) is 30.9 Å². The number of unbranched alkanes of at least 4 members (excludes halogenated alkanes) is 2. The first-order valence-corrected chi connectivity index (χ1v) is 23.1. The van der Waals surface area contributed by atoms with Gasteiger partial charge in [0.1, 0.15) is 11.6 Å². The number of aromatic nitrogens is 6. The van der Waals surface area contributed by atoms with Crippen molar-refractivity contribution in [2.75, 3.05) is 0 Å². The van der Waals surface area contributed by atoms with Crippen molar-refractivity contribution in [2.45, 2.75) is 139 Å². The van der Waals surface area contributed by atoms with Crippen molar-refractivity contribution < 1.29 is 24.9 Å². The van der Waals surface area contributed by atoms with Crippen LogP contribution >= 0.6 is 0 Å². The van der Waals surface area contributed by atoms with Gasteiger partial charge in [-0.15, -0.1) is 50.7 Å². The van der Waals surface area contributed by atoms with E-state index in [0.717, 1.165) is 58.5 Å². The summed E-state index contributed by atoms with van der Waals surface area (Å²) in [7, 11) is 0. The number of hydrogen-bond donors (Lipinski definition) is 2. The van der Waals surface area contributed by atoms with Gasteiger partial charge in [0.25, 0.3) is 5.91 Å². The van der Waals surface area contributed by atoms with Gasteiger partial charge in [-0.3, -0.25) is 14.8 Å². The van der Waals surface area contributed by atoms with Crippen LogP contribution in [0.2, 0.25) is 0 Å². The van der Waals surface area contributed by atoms with Crippen LogP contribution in [0.25, 0.3) is 34.2 Å². The molecule has 10 heteroatoms. The third-order valence-corrected chi connectivity index (χ3v) is 11.9. The standard InChI is InChI=1S/C24H31N3.C24H30N3.C8H10N2O.Ir/c2*1-7-8-14-24(5,6)23-26-25-22(20-11-9-10-17(2)16-20)27(23)21-13-12-18(3)15-19(21)4;1-6-3-2-4-7(5-6)8(11)10-9;/h9-13,15-16H,7-8,14H2,1-6H3;9-10,12-13,15-16H,7-8,14H2,1-6H3;2-5H,9H2,1H3,(H,10,11);/q;-1;;. The molecule has 7 aromatic rings. The largest absolute Gasteiger partial charge is 0.319 e. The molecule has 0 aliphatic carbocycles. The zero-order valence-corrected chi connectivity index (χ0v) is 44.0. The first kappa shape index (κ1) is 53.1. The van der Waals surface area contributed by atoms with Crippen LogP contribution in [0.3, 0.4) is 0 Å². The Morgan fingerprint density at radius 2 is 1.06 bits per heavy atom. The molecule has 0 bridgehead atoms. The van der Waals surface area contributed by atoms with E-state index in [-0.39, 0.29) is 36.8 Å². The van der Waals surface area contributed by atoms with Crippen molar-refractivity contribution in [1.82, 2.24) is 35.0 Å². The fraction of sp³-hybridized carbons (Fsp3) is 0.375. The number of carbonyl (C=O) groups excluding carboxylic acids is 1. The summed E-state index contributed by atoms with van der Waals surface area (Å²) in [6.07, 6.45) is 6.92. The molecule has 2 aromatic heterocycles. The van der Waals surface area contributed by atoms with Crippen molar-refractivity contribution in [2.24, 2.45) is 5.84 Å². The van der Waals surface area contributed by atoms with Crippen LogP contribution in [-0.4, -0.2) is 35.4 Å². The number of hydrazine groups is 1. The maximum Gasteiger partial charge on any atom is 0.265 e. The summed E-state index contributed by atoms with van der Waals surface area (Å²) in [4.78, 5) is 10.9. The Hall–Kier alpha value is -5.54. The third-order valence-electron chi connectivity index (χ3n) is 11.9. The van der Waals surface area contributed by atoms with Crippen LogP contribution in [0, 0.1) is 54.5 Å². The Balaban J connectivity index is 0.000000233. The van der Waals surface area contributed by atoms with Gasteiger partial charge in [-0.05, 0) is 95.8 Å². The molecule has 0 aliphatic rings. The van der Waals surface area contributed by atoms with Gasteiger partial charge in [-0.1, -0.05) is 151 Å². The fourth-order valence-corrected chi connectivity index (χ4v) is 8.20. The summed E-state index contributed by atoms with van der Waals surface area (Å²) in [6, 6.07) is 38.5. The van der Waals surface area contributed by atoms with E-state index in [2.05, 4.69) is 192 Å². The van der Waals surface area contributed by atoms with Gasteiger partial charge in [0.15, 0.2) is 5.82 Å². The second kappa shape index (κ2) is 23.8. The maximum absolute atomic E-state index is 10.9. The van der Waals surface area contributed by atoms with Gasteiger partial charge in [-0.2, -0.15) is 5.10 Å². The molecule has 9 nitrogen and oxygen atoms in total. The number of nitrogens with one attached hydrogen (secondary N) is 1. The average molecular weight is 1060 g/mol. The third kappa shape index (κ3) is 13.3. The number of aryl methyl sites for hydroxylation is 7. The van der Waals surface area contributed by atoms with E-state index in [1.807, 2.05) is 25.1 Å². The molecule has 7 rings (SSSR count). The summed E-state index contributed by atoms with van der Waals surface area (Å²) < 4.78 is 4.52. The number of amides is 1. The van der Waals surface area contributed by atoms with E-state index < -0.39 is 0 Å². The van der Waals surface area contributed by atoms with E-state index in [4.69, 9.17) is 10.9 Å². The Kier molecular flexibility index (Phi) is 19.1.